The van der Waals surface area contributed by atoms with Crippen LogP contribution in [0.2, 0.25) is 5.15 Å². The van der Waals surface area contributed by atoms with E-state index in [1.807, 2.05) is 10.9 Å². The van der Waals surface area contributed by atoms with Gasteiger partial charge in [-0.3, -0.25) is 9.59 Å². The standard InChI is InChI=1S/C22H24ClN5O2/c1-14-4-6-15(7-5-14)28-18-11-22(2,3)10-17(16(18)12-24-28)25-20(29)13-27-21(30)9-8-19(23)26-27/h4-9,12,17H,10-11,13H2,1-3H3,(H,25,29)/t17-/m0/s1. The number of aromatic nitrogens is 4. The van der Waals surface area contributed by atoms with Crippen LogP contribution in [-0.4, -0.2) is 25.5 Å². The van der Waals surface area contributed by atoms with Crippen LogP contribution in [0.1, 0.15) is 43.1 Å². The molecule has 1 N–H and O–H groups in total. The Kier molecular flexibility index (Phi) is 5.24. The number of benzene rings is 1. The van der Waals surface area contributed by atoms with Gasteiger partial charge in [0.15, 0.2) is 0 Å². The lowest BCUT2D eigenvalue weighted by Crippen LogP contribution is -2.39. The summed E-state index contributed by atoms with van der Waals surface area (Å²) in [5.74, 6) is -0.288. The molecule has 0 aliphatic heterocycles. The number of nitrogens with one attached hydrogen (secondary N) is 1. The summed E-state index contributed by atoms with van der Waals surface area (Å²) in [6.45, 7) is 6.24. The Bertz CT molecular complexity index is 1150. The molecule has 8 heteroatoms. The van der Waals surface area contributed by atoms with Crippen molar-refractivity contribution in [3.63, 3.8) is 0 Å². The number of amides is 1. The normalized spacial score (nSPS) is 17.4. The second kappa shape index (κ2) is 7.72. The molecule has 0 spiro atoms. The molecule has 0 saturated heterocycles. The quantitative estimate of drug-likeness (QED) is 0.695. The molecule has 30 heavy (non-hydrogen) atoms. The van der Waals surface area contributed by atoms with Gasteiger partial charge >= 0.3 is 0 Å². The zero-order chi connectivity index (χ0) is 21.5. The first-order valence-electron chi connectivity index (χ1n) is 9.89. The van der Waals surface area contributed by atoms with E-state index >= 15 is 0 Å². The minimum absolute atomic E-state index is 0.0153. The highest BCUT2D eigenvalue weighted by molar-refractivity contribution is 6.29. The molecular formula is C22H24ClN5O2. The van der Waals surface area contributed by atoms with Crippen molar-refractivity contribution in [3.8, 4) is 5.69 Å². The lowest BCUT2D eigenvalue weighted by molar-refractivity contribution is -0.123. The second-order valence-corrected chi connectivity index (χ2v) is 9.00. The highest BCUT2D eigenvalue weighted by atomic mass is 35.5. The first-order chi connectivity index (χ1) is 14.2. The number of halogens is 1. The summed E-state index contributed by atoms with van der Waals surface area (Å²) in [7, 11) is 0. The van der Waals surface area contributed by atoms with Crippen LogP contribution < -0.4 is 10.9 Å². The van der Waals surface area contributed by atoms with Crippen molar-refractivity contribution < 1.29 is 4.79 Å². The van der Waals surface area contributed by atoms with E-state index in [-0.39, 0.29) is 34.6 Å². The van der Waals surface area contributed by atoms with Gasteiger partial charge in [-0.15, -0.1) is 0 Å². The lowest BCUT2D eigenvalue weighted by atomic mass is 9.74. The summed E-state index contributed by atoms with van der Waals surface area (Å²) in [5.41, 5.74) is 3.91. The van der Waals surface area contributed by atoms with E-state index in [4.69, 9.17) is 11.6 Å². The second-order valence-electron chi connectivity index (χ2n) is 8.61. The number of carbonyl (C=O) groups is 1. The largest absolute Gasteiger partial charge is 0.348 e. The molecule has 2 aromatic heterocycles. The van der Waals surface area contributed by atoms with E-state index < -0.39 is 0 Å². The summed E-state index contributed by atoms with van der Waals surface area (Å²) in [6.07, 6.45) is 3.47. The van der Waals surface area contributed by atoms with Crippen molar-refractivity contribution in [2.45, 2.75) is 46.2 Å². The molecule has 1 atom stereocenters. The Balaban J connectivity index is 1.61. The number of aryl methyl sites for hydroxylation is 1. The number of rotatable bonds is 4. The molecular weight excluding hydrogens is 402 g/mol. The van der Waals surface area contributed by atoms with Gasteiger partial charge in [0.25, 0.3) is 5.56 Å². The van der Waals surface area contributed by atoms with E-state index in [1.54, 1.807) is 0 Å². The van der Waals surface area contributed by atoms with Crippen molar-refractivity contribution in [2.75, 3.05) is 0 Å². The fourth-order valence-electron chi connectivity index (χ4n) is 3.99. The van der Waals surface area contributed by atoms with Gasteiger partial charge < -0.3 is 5.32 Å². The molecule has 156 valence electrons. The number of hydrogen-bond donors (Lipinski definition) is 1. The third kappa shape index (κ3) is 4.16. The lowest BCUT2D eigenvalue weighted by Gasteiger charge is -2.36. The smallest absolute Gasteiger partial charge is 0.267 e. The average molecular weight is 426 g/mol. The monoisotopic (exact) mass is 425 g/mol. The number of fused-ring (bicyclic) bond motifs is 1. The first-order valence-corrected chi connectivity index (χ1v) is 10.3. The maximum Gasteiger partial charge on any atom is 0.267 e. The van der Waals surface area contributed by atoms with Crippen molar-refractivity contribution in [1.29, 1.82) is 0 Å². The van der Waals surface area contributed by atoms with Crippen LogP contribution in [0.3, 0.4) is 0 Å². The molecule has 1 aliphatic carbocycles. The molecule has 0 radical (unpaired) electrons. The van der Waals surface area contributed by atoms with Gasteiger partial charge in [0.1, 0.15) is 11.7 Å². The summed E-state index contributed by atoms with van der Waals surface area (Å²) < 4.78 is 3.03. The molecule has 0 unspecified atom stereocenters. The predicted molar refractivity (Wildman–Crippen MR) is 115 cm³/mol. The van der Waals surface area contributed by atoms with Gasteiger partial charge in [0, 0.05) is 11.6 Å². The van der Waals surface area contributed by atoms with Crippen LogP contribution in [-0.2, 0) is 17.8 Å². The Hall–Kier alpha value is -2.93. The molecule has 0 bridgehead atoms. The highest BCUT2D eigenvalue weighted by Gasteiger charge is 2.36. The van der Waals surface area contributed by atoms with Crippen LogP contribution >= 0.6 is 11.6 Å². The molecule has 1 aromatic carbocycles. The molecule has 0 saturated carbocycles. The summed E-state index contributed by atoms with van der Waals surface area (Å²) in [6, 6.07) is 10.7. The Morgan fingerprint density at radius 3 is 2.70 bits per heavy atom. The Labute approximate surface area is 179 Å². The SMILES string of the molecule is Cc1ccc(-n2ncc3c2CC(C)(C)C[C@@H]3NC(=O)Cn2nc(Cl)ccc2=O)cc1. The fraction of sp³-hybridized carbons (Fsp3) is 0.364. The van der Waals surface area contributed by atoms with Gasteiger partial charge in [-0.2, -0.15) is 10.2 Å². The Morgan fingerprint density at radius 1 is 1.23 bits per heavy atom. The third-order valence-corrected chi connectivity index (χ3v) is 5.62. The molecule has 1 aliphatic rings. The van der Waals surface area contributed by atoms with Gasteiger partial charge in [0.2, 0.25) is 5.91 Å². The highest BCUT2D eigenvalue weighted by Crippen LogP contribution is 2.41. The van der Waals surface area contributed by atoms with E-state index in [2.05, 4.69) is 60.6 Å². The minimum atomic E-state index is -0.369. The first kappa shape index (κ1) is 20.3. The van der Waals surface area contributed by atoms with Crippen molar-refractivity contribution >= 4 is 17.5 Å². The number of carbonyl (C=O) groups excluding carboxylic acids is 1. The zero-order valence-electron chi connectivity index (χ0n) is 17.2. The van der Waals surface area contributed by atoms with E-state index in [9.17, 15) is 9.59 Å². The zero-order valence-corrected chi connectivity index (χ0v) is 18.0. The van der Waals surface area contributed by atoms with E-state index in [1.165, 1.54) is 17.7 Å². The van der Waals surface area contributed by atoms with Crippen molar-refractivity contribution in [3.05, 3.63) is 74.9 Å². The van der Waals surface area contributed by atoms with Gasteiger partial charge in [-0.1, -0.05) is 43.1 Å². The molecule has 2 heterocycles. The van der Waals surface area contributed by atoms with E-state index in [0.717, 1.165) is 34.5 Å². The molecule has 3 aromatic rings. The predicted octanol–water partition coefficient (Wildman–Crippen LogP) is 3.22. The van der Waals surface area contributed by atoms with Gasteiger partial charge in [-0.25, -0.2) is 9.36 Å². The molecule has 4 rings (SSSR count). The van der Waals surface area contributed by atoms with Crippen molar-refractivity contribution in [1.82, 2.24) is 24.9 Å². The van der Waals surface area contributed by atoms with E-state index in [0.29, 0.717) is 0 Å². The summed E-state index contributed by atoms with van der Waals surface area (Å²) in [4.78, 5) is 24.6. The average Bonchev–Trinajstić information content (AvgIpc) is 3.08. The van der Waals surface area contributed by atoms with Crippen molar-refractivity contribution in [2.24, 2.45) is 5.41 Å². The topological polar surface area (TPSA) is 81.8 Å². The van der Waals surface area contributed by atoms with Gasteiger partial charge in [0.05, 0.1) is 23.6 Å². The maximum absolute atomic E-state index is 12.7. The summed E-state index contributed by atoms with van der Waals surface area (Å²) in [5, 5.41) is 11.8. The number of nitrogens with zero attached hydrogens (tertiary/aromatic N) is 4. The Morgan fingerprint density at radius 2 is 1.97 bits per heavy atom. The maximum atomic E-state index is 12.7. The summed E-state index contributed by atoms with van der Waals surface area (Å²) >= 11 is 5.85. The molecule has 0 fully saturated rings. The minimum Gasteiger partial charge on any atom is -0.348 e. The fourth-order valence-corrected chi connectivity index (χ4v) is 4.15. The van der Waals surface area contributed by atoms with Crippen LogP contribution in [0.15, 0.2) is 47.4 Å². The van der Waals surface area contributed by atoms with Crippen LogP contribution in [0.5, 0.6) is 0 Å². The van der Waals surface area contributed by atoms with Crippen LogP contribution in [0.4, 0.5) is 0 Å². The van der Waals surface area contributed by atoms with Crippen LogP contribution in [0.25, 0.3) is 5.69 Å². The third-order valence-electron chi connectivity index (χ3n) is 5.42. The molecule has 7 nitrogen and oxygen atoms in total. The molecule has 1 amide bonds. The number of hydrogen-bond acceptors (Lipinski definition) is 4. The van der Waals surface area contributed by atoms with Gasteiger partial charge in [-0.05, 0) is 43.4 Å². The van der Waals surface area contributed by atoms with Crippen LogP contribution in [0, 0.1) is 12.3 Å².